The molecule has 4 nitrogen and oxygen atoms in total. The Morgan fingerprint density at radius 2 is 2.00 bits per heavy atom. The van der Waals surface area contributed by atoms with Crippen molar-refractivity contribution in [2.45, 2.75) is 103 Å². The lowest BCUT2D eigenvalue weighted by molar-refractivity contribution is -0.00891. The fraction of sp³-hybridized carbons (Fsp3) is 0.778. The molecule has 0 aromatic rings. The summed E-state index contributed by atoms with van der Waals surface area (Å²) in [7, 11) is 0. The maximum absolute atomic E-state index is 10.1. The topological polar surface area (TPSA) is 80.9 Å². The van der Waals surface area contributed by atoms with Gasteiger partial charge in [-0.1, -0.05) is 51.0 Å². The van der Waals surface area contributed by atoms with Crippen LogP contribution >= 0.6 is 0 Å². The lowest BCUT2D eigenvalue weighted by Gasteiger charge is -2.44. The van der Waals surface area contributed by atoms with Gasteiger partial charge in [-0.2, -0.15) is 0 Å². The molecule has 0 amide bonds. The average Bonchev–Trinajstić information content (AvgIpc) is 3.07. The average molecular weight is 433 g/mol. The molecule has 31 heavy (non-hydrogen) atoms. The van der Waals surface area contributed by atoms with Crippen LogP contribution in [0.3, 0.4) is 0 Å². The summed E-state index contributed by atoms with van der Waals surface area (Å²) >= 11 is 0. The predicted molar refractivity (Wildman–Crippen MR) is 125 cm³/mol. The van der Waals surface area contributed by atoms with Gasteiger partial charge in [-0.3, -0.25) is 0 Å². The zero-order valence-electron chi connectivity index (χ0n) is 19.8. The maximum atomic E-state index is 10.1. The van der Waals surface area contributed by atoms with E-state index in [2.05, 4.69) is 32.6 Å². The summed E-state index contributed by atoms with van der Waals surface area (Å²) in [5.74, 6) is 1.92. The summed E-state index contributed by atoms with van der Waals surface area (Å²) < 4.78 is 0. The van der Waals surface area contributed by atoms with Crippen molar-refractivity contribution in [2.24, 2.45) is 23.2 Å². The second kappa shape index (κ2) is 9.91. The molecule has 0 spiro atoms. The van der Waals surface area contributed by atoms with E-state index in [0.29, 0.717) is 42.4 Å². The zero-order valence-corrected chi connectivity index (χ0v) is 19.8. The van der Waals surface area contributed by atoms with Gasteiger partial charge < -0.3 is 20.4 Å². The Morgan fingerprint density at radius 3 is 2.71 bits per heavy atom. The van der Waals surface area contributed by atoms with Gasteiger partial charge >= 0.3 is 0 Å². The van der Waals surface area contributed by atoms with E-state index in [0.717, 1.165) is 30.4 Å². The van der Waals surface area contributed by atoms with Crippen LogP contribution in [0, 0.1) is 23.2 Å². The second-order valence-electron chi connectivity index (χ2n) is 11.2. The third-order valence-corrected chi connectivity index (χ3v) is 8.70. The molecule has 176 valence electrons. The van der Waals surface area contributed by atoms with E-state index in [1.165, 1.54) is 31.3 Å². The van der Waals surface area contributed by atoms with Crippen LogP contribution in [0.25, 0.3) is 0 Å². The molecule has 2 unspecified atom stereocenters. The van der Waals surface area contributed by atoms with Crippen LogP contribution in [-0.4, -0.2) is 44.8 Å². The number of aliphatic hydroxyl groups is 4. The summed E-state index contributed by atoms with van der Waals surface area (Å²) in [5, 5.41) is 39.5. The van der Waals surface area contributed by atoms with E-state index in [9.17, 15) is 20.4 Å². The van der Waals surface area contributed by atoms with Crippen LogP contribution in [0.1, 0.15) is 85.0 Å². The van der Waals surface area contributed by atoms with Gasteiger partial charge in [0.05, 0.1) is 24.4 Å². The molecule has 0 radical (unpaired) electrons. The molecule has 4 heteroatoms. The van der Waals surface area contributed by atoms with Crippen LogP contribution in [0.2, 0.25) is 0 Å². The van der Waals surface area contributed by atoms with Gasteiger partial charge in [0, 0.05) is 6.42 Å². The highest BCUT2D eigenvalue weighted by molar-refractivity contribution is 5.38. The van der Waals surface area contributed by atoms with E-state index in [1.54, 1.807) is 6.92 Å². The lowest BCUT2D eigenvalue weighted by Crippen LogP contribution is -2.36. The van der Waals surface area contributed by atoms with Crippen molar-refractivity contribution in [3.05, 3.63) is 35.5 Å². The molecular formula is C27H44O4. The molecule has 0 aliphatic heterocycles. The van der Waals surface area contributed by atoms with E-state index >= 15 is 0 Å². The third-order valence-electron chi connectivity index (χ3n) is 8.70. The van der Waals surface area contributed by atoms with Gasteiger partial charge in [0.1, 0.15) is 0 Å². The molecule has 3 fully saturated rings. The molecule has 0 aromatic carbocycles. The van der Waals surface area contributed by atoms with Crippen LogP contribution in [0.4, 0.5) is 0 Å². The third kappa shape index (κ3) is 5.52. The smallest absolute Gasteiger partial charge is 0.0849 e. The maximum Gasteiger partial charge on any atom is 0.0849 e. The summed E-state index contributed by atoms with van der Waals surface area (Å²) in [5.41, 5.74) is 2.65. The molecule has 0 saturated heterocycles. The Kier molecular flexibility index (Phi) is 7.89. The van der Waals surface area contributed by atoms with Crippen molar-refractivity contribution in [1.82, 2.24) is 0 Å². The highest BCUT2D eigenvalue weighted by atomic mass is 16.3. The molecule has 0 bridgehead atoms. The van der Waals surface area contributed by atoms with Gasteiger partial charge in [-0.25, -0.2) is 0 Å². The first kappa shape index (κ1) is 24.7. The molecule has 4 N–H and O–H groups in total. The predicted octanol–water partition coefficient (Wildman–Crippen LogP) is 4.68. The second-order valence-corrected chi connectivity index (χ2v) is 11.2. The van der Waals surface area contributed by atoms with Crippen molar-refractivity contribution in [1.29, 1.82) is 0 Å². The summed E-state index contributed by atoms with van der Waals surface area (Å²) in [4.78, 5) is 0. The minimum absolute atomic E-state index is 0.172. The van der Waals surface area contributed by atoms with E-state index in [1.807, 2.05) is 0 Å². The highest BCUT2D eigenvalue weighted by Crippen LogP contribution is 2.60. The largest absolute Gasteiger partial charge is 0.393 e. The van der Waals surface area contributed by atoms with Crippen LogP contribution in [-0.2, 0) is 0 Å². The number of aliphatic hydroxyl groups excluding tert-OH is 3. The molecule has 3 aliphatic rings. The SMILES string of the molecule is C=C1/C(=C\C=C2/CCC[C@]3(C)[C@@H]([C@H](C)CCCC(C)(O)CO)CC[C@@H]23)C[C@@H](O)CC1O. The molecular weight excluding hydrogens is 388 g/mol. The first-order valence-electron chi connectivity index (χ1n) is 12.4. The zero-order chi connectivity index (χ0) is 22.8. The van der Waals surface area contributed by atoms with Gasteiger partial charge in [0.2, 0.25) is 0 Å². The van der Waals surface area contributed by atoms with Crippen LogP contribution < -0.4 is 0 Å². The van der Waals surface area contributed by atoms with Gasteiger partial charge in [0.15, 0.2) is 0 Å². The normalized spacial score (nSPS) is 39.5. The molecule has 7 atom stereocenters. The molecule has 3 rings (SSSR count). The minimum Gasteiger partial charge on any atom is -0.393 e. The van der Waals surface area contributed by atoms with Crippen molar-refractivity contribution < 1.29 is 20.4 Å². The molecule has 0 aromatic heterocycles. The van der Waals surface area contributed by atoms with Crippen molar-refractivity contribution in [2.75, 3.05) is 6.61 Å². The van der Waals surface area contributed by atoms with Gasteiger partial charge in [-0.15, -0.1) is 0 Å². The van der Waals surface area contributed by atoms with Crippen molar-refractivity contribution >= 4 is 0 Å². The van der Waals surface area contributed by atoms with Crippen LogP contribution in [0.15, 0.2) is 35.5 Å². The fourth-order valence-corrected chi connectivity index (χ4v) is 6.76. The van der Waals surface area contributed by atoms with Crippen molar-refractivity contribution in [3.63, 3.8) is 0 Å². The summed E-state index contributed by atoms with van der Waals surface area (Å²) in [6.45, 7) is 10.5. The Hall–Kier alpha value is -0.940. The van der Waals surface area contributed by atoms with E-state index in [-0.39, 0.29) is 6.61 Å². The Labute approximate surface area is 188 Å². The van der Waals surface area contributed by atoms with Gasteiger partial charge in [0.25, 0.3) is 0 Å². The van der Waals surface area contributed by atoms with Crippen LogP contribution in [0.5, 0.6) is 0 Å². The number of allylic oxidation sites excluding steroid dienone is 3. The molecule has 3 saturated carbocycles. The van der Waals surface area contributed by atoms with E-state index < -0.39 is 17.8 Å². The van der Waals surface area contributed by atoms with E-state index in [4.69, 9.17) is 0 Å². The first-order valence-corrected chi connectivity index (χ1v) is 12.4. The molecule has 3 aliphatic carbocycles. The highest BCUT2D eigenvalue weighted by Gasteiger charge is 2.50. The fourth-order valence-electron chi connectivity index (χ4n) is 6.76. The lowest BCUT2D eigenvalue weighted by atomic mass is 9.60. The molecule has 0 heterocycles. The number of rotatable bonds is 7. The van der Waals surface area contributed by atoms with Crippen molar-refractivity contribution in [3.8, 4) is 0 Å². The Balaban J connectivity index is 1.68. The summed E-state index contributed by atoms with van der Waals surface area (Å²) in [6, 6.07) is 0. The monoisotopic (exact) mass is 432 g/mol. The number of fused-ring (bicyclic) bond motifs is 1. The quantitative estimate of drug-likeness (QED) is 0.471. The Morgan fingerprint density at radius 1 is 1.26 bits per heavy atom. The standard InChI is InChI=1S/C27H44O4/c1-18(7-5-13-26(3,31)17-28)23-11-12-24-20(8-6-14-27(23,24)4)9-10-21-15-22(29)16-25(30)19(21)2/h9-10,18,22-25,28-31H,2,5-8,11-17H2,1,3-4H3/b20-9+,21-10-/t18-,22-,23-,24+,25?,26?,27-/m1/s1. The Bertz CT molecular complexity index is 706. The van der Waals surface area contributed by atoms with Gasteiger partial charge in [-0.05, 0) is 86.2 Å². The first-order chi connectivity index (χ1) is 14.6. The number of hydrogen-bond donors (Lipinski definition) is 4. The minimum atomic E-state index is -0.958. The number of hydrogen-bond acceptors (Lipinski definition) is 4. The summed E-state index contributed by atoms with van der Waals surface area (Å²) in [6.07, 6.45) is 13.1.